The van der Waals surface area contributed by atoms with Crippen molar-refractivity contribution in [2.24, 2.45) is 0 Å². The summed E-state index contributed by atoms with van der Waals surface area (Å²) in [6, 6.07) is 11.8. The van der Waals surface area contributed by atoms with Gasteiger partial charge in [0.25, 0.3) is 0 Å². The van der Waals surface area contributed by atoms with E-state index in [1.54, 1.807) is 17.8 Å². The minimum Gasteiger partial charge on any atom is -0.454 e. The molecule has 0 aromatic heterocycles. The molecule has 0 saturated carbocycles. The highest BCUT2D eigenvalue weighted by molar-refractivity contribution is 7.98. The lowest BCUT2D eigenvalue weighted by molar-refractivity contribution is -0.231. The number of hydrogen-bond acceptors (Lipinski definition) is 8. The third-order valence-electron chi connectivity index (χ3n) is 5.35. The summed E-state index contributed by atoms with van der Waals surface area (Å²) in [5, 5.41) is 40.1. The third kappa shape index (κ3) is 3.96. The summed E-state index contributed by atoms with van der Waals surface area (Å²) in [7, 11) is 0. The summed E-state index contributed by atoms with van der Waals surface area (Å²) in [6.45, 7) is -0.369. The summed E-state index contributed by atoms with van der Waals surface area (Å²) >= 11 is 1.67. The zero-order valence-electron chi connectivity index (χ0n) is 15.9. The summed E-state index contributed by atoms with van der Waals surface area (Å²) in [6.07, 6.45) is -3.44. The zero-order chi connectivity index (χ0) is 20.5. The van der Waals surface area contributed by atoms with E-state index < -0.39 is 37.1 Å². The van der Waals surface area contributed by atoms with Crippen LogP contribution < -0.4 is 9.47 Å². The van der Waals surface area contributed by atoms with Gasteiger partial charge in [-0.2, -0.15) is 0 Å². The molecule has 4 N–H and O–H groups in total. The number of hydrogen-bond donors (Lipinski definition) is 4. The predicted octanol–water partition coefficient (Wildman–Crippen LogP) is 1.24. The molecule has 2 aromatic carbocycles. The second-order valence-corrected chi connectivity index (χ2v) is 8.07. The average molecular weight is 420 g/mol. The molecule has 5 atom stereocenters. The highest BCUT2D eigenvalue weighted by atomic mass is 32.2. The van der Waals surface area contributed by atoms with Crippen molar-refractivity contribution >= 4 is 11.8 Å². The van der Waals surface area contributed by atoms with Gasteiger partial charge in [-0.3, -0.25) is 0 Å². The molecule has 156 valence electrons. The van der Waals surface area contributed by atoms with Crippen LogP contribution in [0.4, 0.5) is 0 Å². The van der Waals surface area contributed by atoms with Crippen molar-refractivity contribution in [3.8, 4) is 11.5 Å². The maximum atomic E-state index is 10.5. The van der Waals surface area contributed by atoms with Gasteiger partial charge in [-0.05, 0) is 41.6 Å². The van der Waals surface area contributed by atoms with Gasteiger partial charge in [-0.25, -0.2) is 0 Å². The molecule has 0 spiro atoms. The van der Waals surface area contributed by atoms with Crippen LogP contribution in [0, 0.1) is 0 Å². The van der Waals surface area contributed by atoms with E-state index in [0.717, 1.165) is 11.1 Å². The Morgan fingerprint density at radius 2 is 1.76 bits per heavy atom. The molecule has 2 aromatic rings. The van der Waals surface area contributed by atoms with Gasteiger partial charge < -0.3 is 34.6 Å². The Kier molecular flexibility index (Phi) is 6.00. The maximum Gasteiger partial charge on any atom is 0.231 e. The first kappa shape index (κ1) is 20.5. The Balaban J connectivity index is 1.67. The van der Waals surface area contributed by atoms with E-state index in [-0.39, 0.29) is 6.79 Å². The van der Waals surface area contributed by atoms with Crippen LogP contribution in [0.5, 0.6) is 11.5 Å². The van der Waals surface area contributed by atoms with Crippen molar-refractivity contribution in [1.82, 2.24) is 0 Å². The van der Waals surface area contributed by atoms with Crippen molar-refractivity contribution in [1.29, 1.82) is 0 Å². The molecule has 0 radical (unpaired) electrons. The first-order chi connectivity index (χ1) is 14.0. The van der Waals surface area contributed by atoms with Crippen molar-refractivity contribution in [3.05, 3.63) is 53.1 Å². The Morgan fingerprint density at radius 3 is 2.45 bits per heavy atom. The van der Waals surface area contributed by atoms with Crippen LogP contribution in [-0.4, -0.2) is 64.5 Å². The molecular formula is C21H24O7S. The molecule has 4 unspecified atom stereocenters. The van der Waals surface area contributed by atoms with E-state index in [1.807, 2.05) is 12.3 Å². The number of benzene rings is 2. The summed E-state index contributed by atoms with van der Waals surface area (Å²) in [5.74, 6) is 1.18. The fraction of sp³-hybridized carbons (Fsp3) is 0.429. The zero-order valence-corrected chi connectivity index (χ0v) is 16.7. The molecule has 1 fully saturated rings. The number of aliphatic hydroxyl groups is 4. The Morgan fingerprint density at radius 1 is 1.00 bits per heavy atom. The topological polar surface area (TPSA) is 109 Å². The van der Waals surface area contributed by atoms with Gasteiger partial charge in [-0.15, -0.1) is 11.8 Å². The van der Waals surface area contributed by atoms with Crippen LogP contribution in [0.3, 0.4) is 0 Å². The first-order valence-electron chi connectivity index (χ1n) is 9.37. The molecule has 1 saturated heterocycles. The predicted molar refractivity (Wildman–Crippen MR) is 106 cm³/mol. The van der Waals surface area contributed by atoms with E-state index in [9.17, 15) is 20.4 Å². The number of aliphatic hydroxyl groups excluding tert-OH is 4. The molecule has 7 nitrogen and oxygen atoms in total. The number of ether oxygens (including phenoxy) is 3. The lowest BCUT2D eigenvalue weighted by Gasteiger charge is -2.40. The van der Waals surface area contributed by atoms with Crippen LogP contribution in [0.2, 0.25) is 0 Å². The van der Waals surface area contributed by atoms with Gasteiger partial charge in [0.15, 0.2) is 11.5 Å². The fourth-order valence-corrected chi connectivity index (χ4v) is 4.15. The normalized spacial score (nSPS) is 28.5. The van der Waals surface area contributed by atoms with Crippen molar-refractivity contribution in [3.63, 3.8) is 0 Å². The van der Waals surface area contributed by atoms with Crippen LogP contribution in [-0.2, 0) is 11.2 Å². The minimum absolute atomic E-state index is 0.103. The Hall–Kier alpha value is -1.81. The third-order valence-corrected chi connectivity index (χ3v) is 6.09. The second kappa shape index (κ2) is 8.51. The molecule has 4 rings (SSSR count). The van der Waals surface area contributed by atoms with Gasteiger partial charge in [0.1, 0.15) is 30.5 Å². The first-order valence-corrected chi connectivity index (χ1v) is 10.6. The summed E-state index contributed by atoms with van der Waals surface area (Å²) in [5.41, 5.74) is 2.54. The van der Waals surface area contributed by atoms with Crippen molar-refractivity contribution in [2.45, 2.75) is 41.8 Å². The van der Waals surface area contributed by atoms with E-state index >= 15 is 0 Å². The SMILES string of the molecule is CSc1ccc(Cc2cc(C3O[C@@H](CO)C(O)C(O)C3O)cc3c2OCO3)cc1. The molecular weight excluding hydrogens is 396 g/mol. The molecule has 0 amide bonds. The summed E-state index contributed by atoms with van der Waals surface area (Å²) in [4.78, 5) is 1.17. The highest BCUT2D eigenvalue weighted by Gasteiger charge is 2.44. The molecule has 8 heteroatoms. The smallest absolute Gasteiger partial charge is 0.231 e. The molecule has 29 heavy (non-hydrogen) atoms. The highest BCUT2D eigenvalue weighted by Crippen LogP contribution is 2.42. The molecule has 2 aliphatic heterocycles. The van der Waals surface area contributed by atoms with Gasteiger partial charge in [0.2, 0.25) is 6.79 Å². The fourth-order valence-electron chi connectivity index (χ4n) is 3.74. The van der Waals surface area contributed by atoms with E-state index in [2.05, 4.69) is 24.3 Å². The second-order valence-electron chi connectivity index (χ2n) is 7.19. The van der Waals surface area contributed by atoms with Crippen LogP contribution in [0.1, 0.15) is 22.8 Å². The number of rotatable bonds is 5. The van der Waals surface area contributed by atoms with Gasteiger partial charge in [0, 0.05) is 16.9 Å². The van der Waals surface area contributed by atoms with Gasteiger partial charge in [0.05, 0.1) is 6.61 Å². The van der Waals surface area contributed by atoms with E-state index in [0.29, 0.717) is 23.5 Å². The summed E-state index contributed by atoms with van der Waals surface area (Å²) < 4.78 is 16.9. The lowest BCUT2D eigenvalue weighted by atomic mass is 9.89. The van der Waals surface area contributed by atoms with Crippen LogP contribution in [0.25, 0.3) is 0 Å². The van der Waals surface area contributed by atoms with E-state index in [4.69, 9.17) is 14.2 Å². The monoisotopic (exact) mass is 420 g/mol. The number of fused-ring (bicyclic) bond motifs is 1. The van der Waals surface area contributed by atoms with Crippen LogP contribution >= 0.6 is 11.8 Å². The quantitative estimate of drug-likeness (QED) is 0.535. The van der Waals surface area contributed by atoms with Gasteiger partial charge in [-0.1, -0.05) is 12.1 Å². The van der Waals surface area contributed by atoms with Gasteiger partial charge >= 0.3 is 0 Å². The molecule has 0 bridgehead atoms. The molecule has 2 heterocycles. The minimum atomic E-state index is -1.43. The largest absolute Gasteiger partial charge is 0.454 e. The van der Waals surface area contributed by atoms with Crippen molar-refractivity contribution in [2.75, 3.05) is 19.7 Å². The molecule has 0 aliphatic carbocycles. The standard InChI is InChI=1S/C21H24O7S/c1-29-14-4-2-11(3-5-14)6-12-7-13(8-15-20(12)27-10-26-15)21-19(25)18(24)17(23)16(9-22)28-21/h2-5,7-8,16-19,21-25H,6,9-10H2,1H3/t16-,17?,18?,19?,21?/m0/s1. The maximum absolute atomic E-state index is 10.5. The molecule has 2 aliphatic rings. The number of thioether (sulfide) groups is 1. The van der Waals surface area contributed by atoms with Crippen LogP contribution in [0.15, 0.2) is 41.3 Å². The van der Waals surface area contributed by atoms with Crippen molar-refractivity contribution < 1.29 is 34.6 Å². The lowest BCUT2D eigenvalue weighted by Crippen LogP contribution is -2.55. The Bertz CT molecular complexity index is 855. The van der Waals surface area contributed by atoms with E-state index in [1.165, 1.54) is 4.90 Å². The average Bonchev–Trinajstić information content (AvgIpc) is 3.22. The Labute approximate surface area is 172 Å².